The number of nitrogens with zero attached hydrogens (tertiary/aromatic N) is 1. The molecule has 1 heterocycles. The smallest absolute Gasteiger partial charge is 0.348 e. The quantitative estimate of drug-likeness (QED) is 0.583. The van der Waals surface area contributed by atoms with Gasteiger partial charge in [0.05, 0.1) is 11.4 Å². The number of halogens is 2. The highest BCUT2D eigenvalue weighted by Gasteiger charge is 2.26. The van der Waals surface area contributed by atoms with Crippen LogP contribution in [0.4, 0.5) is 20.2 Å². The second-order valence-corrected chi connectivity index (χ2v) is 7.48. The zero-order chi connectivity index (χ0) is 19.7. The Morgan fingerprint density at radius 3 is 2.26 bits per heavy atom. The first-order valence-corrected chi connectivity index (χ1v) is 9.46. The lowest BCUT2D eigenvalue weighted by Crippen LogP contribution is -2.21. The molecule has 9 heteroatoms. The van der Waals surface area contributed by atoms with Crippen molar-refractivity contribution in [2.75, 3.05) is 4.31 Å². The zero-order valence-corrected chi connectivity index (χ0v) is 15.5. The van der Waals surface area contributed by atoms with Gasteiger partial charge in [0, 0.05) is 10.9 Å². The maximum absolute atomic E-state index is 13.5. The minimum atomic E-state index is -2.57. The summed E-state index contributed by atoms with van der Waals surface area (Å²) in [6, 6.07) is 10.9. The number of hydrogen-bond acceptors (Lipinski definition) is 3. The van der Waals surface area contributed by atoms with E-state index in [-0.39, 0.29) is 21.0 Å². The van der Waals surface area contributed by atoms with Gasteiger partial charge < -0.3 is 5.11 Å². The van der Waals surface area contributed by atoms with E-state index >= 15 is 0 Å². The molecule has 0 radical (unpaired) electrons. The Hall–Kier alpha value is -2.62. The van der Waals surface area contributed by atoms with Crippen LogP contribution < -0.4 is 4.31 Å². The van der Waals surface area contributed by atoms with Crippen molar-refractivity contribution in [2.45, 2.75) is 6.92 Å². The van der Waals surface area contributed by atoms with E-state index in [1.165, 1.54) is 6.07 Å². The Morgan fingerprint density at radius 1 is 1.07 bits per heavy atom. The molecule has 0 spiro atoms. The Morgan fingerprint density at radius 2 is 1.70 bits per heavy atom. The summed E-state index contributed by atoms with van der Waals surface area (Å²) in [5, 5.41) is 9.54. The van der Waals surface area contributed by atoms with Gasteiger partial charge in [0.2, 0.25) is 0 Å². The number of carboxylic acids is 1. The van der Waals surface area contributed by atoms with Crippen molar-refractivity contribution in [1.82, 2.24) is 0 Å². The maximum Gasteiger partial charge on any atom is 0.348 e. The van der Waals surface area contributed by atoms with Crippen molar-refractivity contribution in [3.63, 3.8) is 0 Å². The van der Waals surface area contributed by atoms with Gasteiger partial charge in [-0.1, -0.05) is 18.2 Å². The van der Waals surface area contributed by atoms with E-state index in [4.69, 9.17) is 0 Å². The molecule has 0 aliphatic carbocycles. The van der Waals surface area contributed by atoms with Crippen LogP contribution in [0.3, 0.4) is 0 Å². The summed E-state index contributed by atoms with van der Waals surface area (Å²) in [7, 11) is 0. The molecule has 27 heavy (non-hydrogen) atoms. The third kappa shape index (κ3) is 3.90. The molecule has 0 saturated heterocycles. The molecule has 1 unspecified atom stereocenters. The number of carboxylic acid groups (broad SMARTS) is 1. The van der Waals surface area contributed by atoms with Crippen molar-refractivity contribution in [3.8, 4) is 10.4 Å². The molecule has 2 aromatic carbocycles. The van der Waals surface area contributed by atoms with Crippen LogP contribution in [0.2, 0.25) is 0 Å². The van der Waals surface area contributed by atoms with E-state index in [0.717, 1.165) is 27.8 Å². The highest BCUT2D eigenvalue weighted by molar-refractivity contribution is 7.81. The van der Waals surface area contributed by atoms with E-state index in [9.17, 15) is 27.4 Å². The molecule has 0 bridgehead atoms. The fourth-order valence-electron chi connectivity index (χ4n) is 2.61. The molecule has 0 aliphatic heterocycles. The molecule has 1 atom stereocenters. The molecule has 5 nitrogen and oxygen atoms in total. The fourth-order valence-corrected chi connectivity index (χ4v) is 4.32. The summed E-state index contributed by atoms with van der Waals surface area (Å²) in [4.78, 5) is 11.7. The van der Waals surface area contributed by atoms with Gasteiger partial charge in [-0.2, -0.15) is 0 Å². The lowest BCUT2D eigenvalue weighted by atomic mass is 10.1. The number of thiophene rings is 1. The molecule has 0 fully saturated rings. The number of aryl methyl sites for hydroxylation is 1. The molecule has 140 valence electrons. The topological polar surface area (TPSA) is 77.8 Å². The van der Waals surface area contributed by atoms with Crippen LogP contribution in [0.25, 0.3) is 10.4 Å². The van der Waals surface area contributed by atoms with Crippen LogP contribution in [-0.2, 0) is 11.3 Å². The first kappa shape index (κ1) is 19.2. The van der Waals surface area contributed by atoms with Crippen LogP contribution in [0.5, 0.6) is 0 Å². The number of aromatic carboxylic acids is 1. The summed E-state index contributed by atoms with van der Waals surface area (Å²) in [6.07, 6.45) is 0. The normalized spacial score (nSPS) is 12.0. The molecule has 0 amide bonds. The molecular weight excluding hydrogens is 396 g/mol. The molecule has 3 aromatic rings. The van der Waals surface area contributed by atoms with Gasteiger partial charge in [-0.05, 0) is 42.3 Å². The third-order valence-electron chi connectivity index (χ3n) is 3.76. The summed E-state index contributed by atoms with van der Waals surface area (Å²) < 4.78 is 49.9. The van der Waals surface area contributed by atoms with Gasteiger partial charge in [0.25, 0.3) is 11.3 Å². The van der Waals surface area contributed by atoms with E-state index in [0.29, 0.717) is 17.3 Å². The number of benzene rings is 2. The van der Waals surface area contributed by atoms with Gasteiger partial charge in [-0.3, -0.25) is 4.55 Å². The van der Waals surface area contributed by atoms with Gasteiger partial charge in [-0.25, -0.2) is 22.1 Å². The number of para-hydroxylation sites is 1. The predicted molar refractivity (Wildman–Crippen MR) is 101 cm³/mol. The predicted octanol–water partition coefficient (Wildman–Crippen LogP) is 4.97. The van der Waals surface area contributed by atoms with Gasteiger partial charge in [0.1, 0.15) is 16.5 Å². The first-order chi connectivity index (χ1) is 12.8. The highest BCUT2D eigenvalue weighted by atomic mass is 32.2. The SMILES string of the molecule is Cc1ccccc1N(c1cc(-c2cc(F)cc(F)c2)sc1C(=O)O)S(=O)O. The van der Waals surface area contributed by atoms with E-state index in [1.807, 2.05) is 0 Å². The second-order valence-electron chi connectivity index (χ2n) is 5.60. The van der Waals surface area contributed by atoms with E-state index in [1.54, 1.807) is 31.2 Å². The molecule has 3 rings (SSSR count). The van der Waals surface area contributed by atoms with Crippen molar-refractivity contribution in [1.29, 1.82) is 0 Å². The maximum atomic E-state index is 13.5. The highest BCUT2D eigenvalue weighted by Crippen LogP contribution is 2.41. The Labute approximate surface area is 159 Å². The van der Waals surface area contributed by atoms with Crippen molar-refractivity contribution >= 4 is 39.9 Å². The summed E-state index contributed by atoms with van der Waals surface area (Å²) in [5.41, 5.74) is 1.10. The first-order valence-electron chi connectivity index (χ1n) is 7.58. The van der Waals surface area contributed by atoms with Crippen LogP contribution >= 0.6 is 11.3 Å². The minimum absolute atomic E-state index is 0.0395. The van der Waals surface area contributed by atoms with E-state index in [2.05, 4.69) is 0 Å². The largest absolute Gasteiger partial charge is 0.477 e. The monoisotopic (exact) mass is 409 g/mol. The van der Waals surface area contributed by atoms with Gasteiger partial charge in [-0.15, -0.1) is 11.3 Å². The molecule has 0 saturated carbocycles. The van der Waals surface area contributed by atoms with Crippen LogP contribution in [0.15, 0.2) is 48.5 Å². The van der Waals surface area contributed by atoms with Crippen molar-refractivity contribution < 1.29 is 27.4 Å². The standard InChI is InChI=1S/C18H13F2NO4S2/c1-10-4-2-3-5-14(10)21(27(24)25)15-9-16(26-17(15)18(22)23)11-6-12(19)8-13(20)7-11/h2-9H,1H3,(H,22,23)(H,24,25). The van der Waals surface area contributed by atoms with Gasteiger partial charge >= 0.3 is 5.97 Å². The van der Waals surface area contributed by atoms with Crippen molar-refractivity contribution in [2.24, 2.45) is 0 Å². The van der Waals surface area contributed by atoms with Crippen molar-refractivity contribution in [3.05, 3.63) is 70.6 Å². The van der Waals surface area contributed by atoms with Crippen LogP contribution in [0.1, 0.15) is 15.2 Å². The third-order valence-corrected chi connectivity index (χ3v) is 5.63. The Bertz CT molecular complexity index is 1030. The lowest BCUT2D eigenvalue weighted by Gasteiger charge is -2.21. The molecule has 1 aromatic heterocycles. The van der Waals surface area contributed by atoms with E-state index < -0.39 is 28.9 Å². The zero-order valence-electron chi connectivity index (χ0n) is 13.8. The average molecular weight is 409 g/mol. The Balaban J connectivity index is 2.22. The average Bonchev–Trinajstić information content (AvgIpc) is 3.01. The fraction of sp³-hybridized carbons (Fsp3) is 0.0556. The van der Waals surface area contributed by atoms with Crippen LogP contribution in [-0.4, -0.2) is 19.8 Å². The number of rotatable bonds is 5. The molecular formula is C18H13F2NO4S2. The molecule has 0 aliphatic rings. The second kappa shape index (κ2) is 7.55. The lowest BCUT2D eigenvalue weighted by molar-refractivity contribution is 0.0703. The summed E-state index contributed by atoms with van der Waals surface area (Å²) >= 11 is -1.80. The number of hydrogen-bond donors (Lipinski definition) is 2. The molecule has 2 N–H and O–H groups in total. The van der Waals surface area contributed by atoms with Gasteiger partial charge in [0.15, 0.2) is 0 Å². The summed E-state index contributed by atoms with van der Waals surface area (Å²) in [6.45, 7) is 1.71. The van der Waals surface area contributed by atoms with Crippen LogP contribution in [0, 0.1) is 18.6 Å². The Kier molecular flexibility index (Phi) is 5.36. The number of carbonyl (C=O) groups is 1. The minimum Gasteiger partial charge on any atom is -0.477 e. The summed E-state index contributed by atoms with van der Waals surface area (Å²) in [5.74, 6) is -2.93. The number of anilines is 2.